The minimum atomic E-state index is -4.69. The lowest BCUT2D eigenvalue weighted by Crippen LogP contribution is -2.13. The Morgan fingerprint density at radius 2 is 1.90 bits per heavy atom. The quantitative estimate of drug-likeness (QED) is 0.376. The standard InChI is InChI=1S/C16H17F3N6O3.C2H6.CH4/c17-16(18,19)10-3-9(4-11(5-10)25(27)28)6-22-14-12-7-20-8-13(12)23-15(24-14)21-1-2-26;1-2;/h3-5,20,26H,1-2,6-8H2,(H2,21,22,23,24);1-2H3;1H4. The highest BCUT2D eigenvalue weighted by Gasteiger charge is 2.32. The zero-order valence-corrected chi connectivity index (χ0v) is 16.5. The van der Waals surface area contributed by atoms with Gasteiger partial charge in [-0.1, -0.05) is 21.3 Å². The summed E-state index contributed by atoms with van der Waals surface area (Å²) < 4.78 is 39.1. The number of anilines is 2. The summed E-state index contributed by atoms with van der Waals surface area (Å²) in [5.74, 6) is 0.685. The number of fused-ring (bicyclic) bond motifs is 1. The summed E-state index contributed by atoms with van der Waals surface area (Å²) in [7, 11) is 0. The van der Waals surface area contributed by atoms with E-state index < -0.39 is 22.4 Å². The molecule has 0 fully saturated rings. The van der Waals surface area contributed by atoms with Gasteiger partial charge in [0.2, 0.25) is 5.95 Å². The van der Waals surface area contributed by atoms with Gasteiger partial charge in [0.15, 0.2) is 0 Å². The first-order valence-corrected chi connectivity index (χ1v) is 9.32. The Balaban J connectivity index is 0.00000156. The Kier molecular flexibility index (Phi) is 9.59. The number of hydrogen-bond acceptors (Lipinski definition) is 8. The Bertz CT molecular complexity index is 893. The van der Waals surface area contributed by atoms with Crippen molar-refractivity contribution in [2.24, 2.45) is 0 Å². The number of non-ortho nitro benzene ring substituents is 1. The molecular formula is C19H27F3N6O3. The van der Waals surface area contributed by atoms with E-state index in [0.717, 1.165) is 23.4 Å². The van der Waals surface area contributed by atoms with Crippen molar-refractivity contribution in [2.45, 2.75) is 47.1 Å². The maximum atomic E-state index is 13.0. The molecule has 0 unspecified atom stereocenters. The minimum Gasteiger partial charge on any atom is -0.395 e. The second-order valence-corrected chi connectivity index (χ2v) is 6.07. The van der Waals surface area contributed by atoms with Crippen molar-refractivity contribution < 1.29 is 23.2 Å². The third kappa shape index (κ3) is 6.76. The SMILES string of the molecule is C.CC.O=[N+]([O-])c1cc(CNc2nc(NCCO)nc3c2CNC3)cc(C(F)(F)F)c1. The van der Waals surface area contributed by atoms with E-state index in [2.05, 4.69) is 25.9 Å². The average Bonchev–Trinajstić information content (AvgIpc) is 3.20. The van der Waals surface area contributed by atoms with Crippen molar-refractivity contribution in [3.8, 4) is 0 Å². The summed E-state index contributed by atoms with van der Waals surface area (Å²) in [4.78, 5) is 18.7. The Hall–Kier alpha value is -2.99. The van der Waals surface area contributed by atoms with Crippen LogP contribution in [0, 0.1) is 10.1 Å². The number of nitrogens with one attached hydrogen (secondary N) is 3. The van der Waals surface area contributed by atoms with Crippen molar-refractivity contribution >= 4 is 17.5 Å². The van der Waals surface area contributed by atoms with Crippen molar-refractivity contribution in [2.75, 3.05) is 23.8 Å². The lowest BCUT2D eigenvalue weighted by atomic mass is 10.1. The van der Waals surface area contributed by atoms with Gasteiger partial charge in [0.25, 0.3) is 5.69 Å². The molecule has 3 rings (SSSR count). The topological polar surface area (TPSA) is 125 Å². The van der Waals surface area contributed by atoms with Gasteiger partial charge in [0, 0.05) is 43.9 Å². The number of aliphatic hydroxyl groups is 1. The Morgan fingerprint density at radius 1 is 1.19 bits per heavy atom. The van der Waals surface area contributed by atoms with Crippen LogP contribution in [0.1, 0.15) is 43.7 Å². The number of nitro groups is 1. The van der Waals surface area contributed by atoms with Crippen LogP contribution >= 0.6 is 0 Å². The fraction of sp³-hybridized carbons (Fsp3) is 0.474. The lowest BCUT2D eigenvalue weighted by molar-refractivity contribution is -0.385. The van der Waals surface area contributed by atoms with E-state index in [0.29, 0.717) is 25.0 Å². The molecule has 4 N–H and O–H groups in total. The second kappa shape index (κ2) is 11.4. The lowest BCUT2D eigenvalue weighted by Gasteiger charge is -2.13. The smallest absolute Gasteiger partial charge is 0.395 e. The molecule has 31 heavy (non-hydrogen) atoms. The van der Waals surface area contributed by atoms with Crippen molar-refractivity contribution in [1.82, 2.24) is 15.3 Å². The van der Waals surface area contributed by atoms with Crippen LogP contribution < -0.4 is 16.0 Å². The molecule has 9 nitrogen and oxygen atoms in total. The van der Waals surface area contributed by atoms with Gasteiger partial charge in [-0.15, -0.1) is 0 Å². The largest absolute Gasteiger partial charge is 0.416 e. The molecule has 0 aliphatic carbocycles. The highest BCUT2D eigenvalue weighted by atomic mass is 19.4. The zero-order chi connectivity index (χ0) is 22.3. The van der Waals surface area contributed by atoms with Crippen LogP contribution in [0.4, 0.5) is 30.6 Å². The van der Waals surface area contributed by atoms with Crippen LogP contribution in [-0.2, 0) is 25.8 Å². The van der Waals surface area contributed by atoms with Gasteiger partial charge in [-0.3, -0.25) is 10.1 Å². The molecule has 172 valence electrons. The van der Waals surface area contributed by atoms with E-state index in [1.165, 1.54) is 0 Å². The number of nitrogens with zero attached hydrogens (tertiary/aromatic N) is 3. The molecule has 0 bridgehead atoms. The zero-order valence-electron chi connectivity index (χ0n) is 16.5. The molecule has 1 aromatic carbocycles. The fourth-order valence-electron chi connectivity index (χ4n) is 2.79. The van der Waals surface area contributed by atoms with Crippen LogP contribution in [0.5, 0.6) is 0 Å². The molecule has 1 aliphatic heterocycles. The highest BCUT2D eigenvalue weighted by Crippen LogP contribution is 2.33. The molecule has 1 aliphatic rings. The first-order valence-electron chi connectivity index (χ1n) is 9.32. The summed E-state index contributed by atoms with van der Waals surface area (Å²) in [5, 5.41) is 28.8. The van der Waals surface area contributed by atoms with Gasteiger partial charge in [-0.2, -0.15) is 18.2 Å². The number of alkyl halides is 3. The van der Waals surface area contributed by atoms with Gasteiger partial charge in [0.05, 0.1) is 22.8 Å². The molecule has 1 aromatic heterocycles. The molecule has 0 amide bonds. The van der Waals surface area contributed by atoms with Crippen molar-refractivity contribution in [3.05, 3.63) is 50.7 Å². The van der Waals surface area contributed by atoms with E-state index in [1.54, 1.807) is 0 Å². The monoisotopic (exact) mass is 444 g/mol. The Morgan fingerprint density at radius 3 is 2.52 bits per heavy atom. The van der Waals surface area contributed by atoms with Crippen LogP contribution in [-0.4, -0.2) is 33.1 Å². The number of aromatic nitrogens is 2. The van der Waals surface area contributed by atoms with Gasteiger partial charge in [-0.05, 0) is 11.6 Å². The third-order valence-electron chi connectivity index (χ3n) is 4.06. The van der Waals surface area contributed by atoms with E-state index in [-0.39, 0.29) is 38.6 Å². The highest BCUT2D eigenvalue weighted by molar-refractivity contribution is 5.53. The predicted molar refractivity (Wildman–Crippen MR) is 112 cm³/mol. The number of nitro benzene ring substituents is 1. The van der Waals surface area contributed by atoms with E-state index >= 15 is 0 Å². The number of rotatable bonds is 7. The molecule has 0 atom stereocenters. The van der Waals surface area contributed by atoms with Crippen molar-refractivity contribution in [1.29, 1.82) is 0 Å². The number of halogens is 3. The van der Waals surface area contributed by atoms with Crippen molar-refractivity contribution in [3.63, 3.8) is 0 Å². The van der Waals surface area contributed by atoms with E-state index in [9.17, 15) is 23.3 Å². The van der Waals surface area contributed by atoms with Crippen LogP contribution in [0.3, 0.4) is 0 Å². The minimum absolute atomic E-state index is 0. The third-order valence-corrected chi connectivity index (χ3v) is 4.06. The Labute approximate surface area is 178 Å². The van der Waals surface area contributed by atoms with Crippen LogP contribution in [0.15, 0.2) is 18.2 Å². The summed E-state index contributed by atoms with van der Waals surface area (Å²) in [6.45, 7) is 5.03. The average molecular weight is 444 g/mol. The van der Waals surface area contributed by atoms with Gasteiger partial charge in [0.1, 0.15) is 5.82 Å². The summed E-state index contributed by atoms with van der Waals surface area (Å²) in [6, 6.07) is 2.46. The molecule has 12 heteroatoms. The normalized spacial score (nSPS) is 12.2. The maximum Gasteiger partial charge on any atom is 0.416 e. The van der Waals surface area contributed by atoms with E-state index in [4.69, 9.17) is 5.11 Å². The number of hydrogen-bond donors (Lipinski definition) is 4. The summed E-state index contributed by atoms with van der Waals surface area (Å²) >= 11 is 0. The molecule has 0 radical (unpaired) electrons. The molecular weight excluding hydrogens is 417 g/mol. The van der Waals surface area contributed by atoms with Gasteiger partial charge < -0.3 is 21.1 Å². The molecule has 2 aromatic rings. The second-order valence-electron chi connectivity index (χ2n) is 6.07. The predicted octanol–water partition coefficient (Wildman–Crippen LogP) is 3.69. The van der Waals surface area contributed by atoms with E-state index in [1.807, 2.05) is 13.8 Å². The van der Waals surface area contributed by atoms with Crippen LogP contribution in [0.2, 0.25) is 0 Å². The first kappa shape index (κ1) is 26.0. The summed E-state index contributed by atoms with van der Waals surface area (Å²) in [5.41, 5.74) is -0.112. The number of aliphatic hydroxyl groups excluding tert-OH is 1. The first-order chi connectivity index (χ1) is 14.3. The fourth-order valence-corrected chi connectivity index (χ4v) is 2.79. The molecule has 0 saturated carbocycles. The van der Waals surface area contributed by atoms with Gasteiger partial charge >= 0.3 is 6.18 Å². The maximum absolute atomic E-state index is 13.0. The number of benzene rings is 1. The molecule has 0 saturated heterocycles. The molecule has 0 spiro atoms. The molecule has 2 heterocycles. The van der Waals surface area contributed by atoms with Gasteiger partial charge in [-0.25, -0.2) is 4.98 Å². The summed E-state index contributed by atoms with van der Waals surface area (Å²) in [6.07, 6.45) is -4.69. The van der Waals surface area contributed by atoms with Crippen LogP contribution in [0.25, 0.3) is 0 Å².